The van der Waals surface area contributed by atoms with E-state index in [0.29, 0.717) is 0 Å². The van der Waals surface area contributed by atoms with Gasteiger partial charge >= 0.3 is 11.9 Å². The summed E-state index contributed by atoms with van der Waals surface area (Å²) in [6.07, 6.45) is 0.891. The van der Waals surface area contributed by atoms with E-state index in [1.54, 1.807) is 13.8 Å². The molecule has 0 aliphatic carbocycles. The molecule has 0 aliphatic rings. The second-order valence-corrected chi connectivity index (χ2v) is 2.95. The first kappa shape index (κ1) is 12.9. The second-order valence-electron chi connectivity index (χ2n) is 2.95. The summed E-state index contributed by atoms with van der Waals surface area (Å²) in [7, 11) is 0. The van der Waals surface area contributed by atoms with Crippen LogP contribution in [0.2, 0.25) is 0 Å². The van der Waals surface area contributed by atoms with Gasteiger partial charge in [-0.3, -0.25) is 5.10 Å². The summed E-state index contributed by atoms with van der Waals surface area (Å²) in [5.74, 6) is -1.43. The number of ether oxygens (including phenoxy) is 2. The standard InChI is InChI=1S/C10H13N3O4/c1-3-16-9(14)7-6(5-11)12-13-8(7)10(15)17-4-2/h5,11H,3-4H2,1-2H3,(H,12,13). The molecule has 0 saturated heterocycles. The maximum absolute atomic E-state index is 11.6. The van der Waals surface area contributed by atoms with Gasteiger partial charge in [0.15, 0.2) is 5.69 Å². The Hall–Kier alpha value is -2.18. The fourth-order valence-electron chi connectivity index (χ4n) is 1.22. The zero-order chi connectivity index (χ0) is 12.8. The number of rotatable bonds is 5. The van der Waals surface area contributed by atoms with Crippen LogP contribution in [-0.4, -0.2) is 41.6 Å². The highest BCUT2D eigenvalue weighted by atomic mass is 16.5. The molecule has 0 unspecified atom stereocenters. The maximum atomic E-state index is 11.6. The van der Waals surface area contributed by atoms with Crippen LogP contribution in [0.3, 0.4) is 0 Å². The third-order valence-electron chi connectivity index (χ3n) is 1.89. The lowest BCUT2D eigenvalue weighted by atomic mass is 10.2. The Labute approximate surface area is 97.6 Å². The molecule has 0 aliphatic heterocycles. The molecule has 92 valence electrons. The minimum absolute atomic E-state index is 0.0692. The van der Waals surface area contributed by atoms with E-state index in [1.807, 2.05) is 0 Å². The van der Waals surface area contributed by atoms with Crippen molar-refractivity contribution in [1.82, 2.24) is 10.2 Å². The molecule has 1 aromatic heterocycles. The largest absolute Gasteiger partial charge is 0.462 e. The molecule has 0 saturated carbocycles. The van der Waals surface area contributed by atoms with E-state index in [4.69, 9.17) is 14.9 Å². The van der Waals surface area contributed by atoms with E-state index >= 15 is 0 Å². The summed E-state index contributed by atoms with van der Waals surface area (Å²) >= 11 is 0. The van der Waals surface area contributed by atoms with E-state index < -0.39 is 11.9 Å². The molecule has 17 heavy (non-hydrogen) atoms. The number of esters is 2. The predicted molar refractivity (Wildman–Crippen MR) is 58.4 cm³/mol. The third kappa shape index (κ3) is 2.68. The highest BCUT2D eigenvalue weighted by Gasteiger charge is 2.26. The maximum Gasteiger partial charge on any atom is 0.359 e. The summed E-state index contributed by atoms with van der Waals surface area (Å²) in [5.41, 5.74) is -0.115. The van der Waals surface area contributed by atoms with Gasteiger partial charge in [-0.2, -0.15) is 5.10 Å². The predicted octanol–water partition coefficient (Wildman–Crippen LogP) is 0.761. The van der Waals surface area contributed by atoms with Gasteiger partial charge in [-0.1, -0.05) is 0 Å². The number of nitrogens with zero attached hydrogens (tertiary/aromatic N) is 1. The van der Waals surface area contributed by atoms with Gasteiger partial charge < -0.3 is 14.9 Å². The summed E-state index contributed by atoms with van der Waals surface area (Å²) in [6, 6.07) is 0. The van der Waals surface area contributed by atoms with Crippen LogP contribution in [0.4, 0.5) is 0 Å². The normalized spacial score (nSPS) is 9.76. The molecule has 0 radical (unpaired) electrons. The molecule has 2 N–H and O–H groups in total. The second kappa shape index (κ2) is 5.78. The fourth-order valence-corrected chi connectivity index (χ4v) is 1.22. The number of carbonyl (C=O) groups is 2. The van der Waals surface area contributed by atoms with Gasteiger partial charge in [0.2, 0.25) is 0 Å². The number of carbonyl (C=O) groups excluding carboxylic acids is 2. The van der Waals surface area contributed by atoms with Crippen LogP contribution < -0.4 is 0 Å². The first-order chi connectivity index (χ1) is 8.15. The van der Waals surface area contributed by atoms with E-state index in [1.165, 1.54) is 0 Å². The van der Waals surface area contributed by atoms with Gasteiger partial charge in [-0.25, -0.2) is 9.59 Å². The Balaban J connectivity index is 3.14. The van der Waals surface area contributed by atoms with Crippen molar-refractivity contribution in [2.24, 2.45) is 0 Å². The molecule has 0 fully saturated rings. The summed E-state index contributed by atoms with van der Waals surface area (Å²) in [4.78, 5) is 23.1. The zero-order valence-electron chi connectivity index (χ0n) is 9.57. The highest BCUT2D eigenvalue weighted by molar-refractivity contribution is 6.06. The van der Waals surface area contributed by atoms with Gasteiger partial charge in [0, 0.05) is 6.21 Å². The number of hydrogen-bond donors (Lipinski definition) is 2. The third-order valence-corrected chi connectivity index (χ3v) is 1.89. The molecule has 0 aromatic carbocycles. The van der Waals surface area contributed by atoms with Crippen molar-refractivity contribution in [2.75, 3.05) is 13.2 Å². The quantitative estimate of drug-likeness (QED) is 0.583. The molecular weight excluding hydrogens is 226 g/mol. The number of nitrogens with one attached hydrogen (secondary N) is 2. The van der Waals surface area contributed by atoms with Crippen molar-refractivity contribution in [3.8, 4) is 0 Å². The SMILES string of the molecule is CCOC(=O)c1n[nH]c(C=N)c1C(=O)OCC. The zero-order valence-corrected chi connectivity index (χ0v) is 9.57. The first-order valence-electron chi connectivity index (χ1n) is 5.08. The van der Waals surface area contributed by atoms with Crippen LogP contribution in [0.1, 0.15) is 40.4 Å². The fraction of sp³-hybridized carbons (Fsp3) is 0.400. The van der Waals surface area contributed by atoms with Gasteiger partial charge in [0.1, 0.15) is 5.56 Å². The number of aromatic nitrogens is 2. The summed E-state index contributed by atoms with van der Waals surface area (Å²) < 4.78 is 9.54. The van der Waals surface area contributed by atoms with Crippen LogP contribution in [0.25, 0.3) is 0 Å². The van der Waals surface area contributed by atoms with Crippen molar-refractivity contribution in [3.05, 3.63) is 17.0 Å². The van der Waals surface area contributed by atoms with Crippen molar-refractivity contribution in [3.63, 3.8) is 0 Å². The van der Waals surface area contributed by atoms with E-state index in [-0.39, 0.29) is 30.2 Å². The van der Waals surface area contributed by atoms with Crippen LogP contribution in [-0.2, 0) is 9.47 Å². The minimum atomic E-state index is -0.722. The molecule has 0 amide bonds. The number of hydrogen-bond acceptors (Lipinski definition) is 6. The lowest BCUT2D eigenvalue weighted by molar-refractivity contribution is 0.0475. The molecule has 7 heteroatoms. The number of aromatic amines is 1. The van der Waals surface area contributed by atoms with Crippen molar-refractivity contribution < 1.29 is 19.1 Å². The molecule has 1 rings (SSSR count). The first-order valence-corrected chi connectivity index (χ1v) is 5.08. The van der Waals surface area contributed by atoms with Crippen molar-refractivity contribution in [2.45, 2.75) is 13.8 Å². The Morgan fingerprint density at radius 3 is 2.41 bits per heavy atom. The average Bonchev–Trinajstić information content (AvgIpc) is 2.73. The molecule has 7 nitrogen and oxygen atoms in total. The van der Waals surface area contributed by atoms with E-state index in [0.717, 1.165) is 6.21 Å². The lowest BCUT2D eigenvalue weighted by Gasteiger charge is -2.03. The Bertz CT molecular complexity index is 439. The van der Waals surface area contributed by atoms with Crippen LogP contribution in [0, 0.1) is 5.41 Å². The lowest BCUT2D eigenvalue weighted by Crippen LogP contribution is -2.14. The van der Waals surface area contributed by atoms with Gasteiger partial charge in [0.05, 0.1) is 18.9 Å². The molecule has 0 bridgehead atoms. The van der Waals surface area contributed by atoms with Crippen LogP contribution in [0.15, 0.2) is 0 Å². The molecule has 1 aromatic rings. The average molecular weight is 239 g/mol. The van der Waals surface area contributed by atoms with Crippen LogP contribution in [0.5, 0.6) is 0 Å². The minimum Gasteiger partial charge on any atom is -0.462 e. The highest BCUT2D eigenvalue weighted by Crippen LogP contribution is 2.13. The number of H-pyrrole nitrogens is 1. The van der Waals surface area contributed by atoms with Gasteiger partial charge in [-0.15, -0.1) is 0 Å². The Kier molecular flexibility index (Phi) is 4.38. The Morgan fingerprint density at radius 1 is 1.29 bits per heavy atom. The Morgan fingerprint density at radius 2 is 1.88 bits per heavy atom. The summed E-state index contributed by atoms with van der Waals surface area (Å²) in [5, 5.41) is 13.2. The monoisotopic (exact) mass is 239 g/mol. The van der Waals surface area contributed by atoms with E-state index in [9.17, 15) is 9.59 Å². The molecule has 1 heterocycles. The van der Waals surface area contributed by atoms with Crippen molar-refractivity contribution >= 4 is 18.2 Å². The molecule has 0 spiro atoms. The molecule has 0 atom stereocenters. The van der Waals surface area contributed by atoms with Gasteiger partial charge in [-0.05, 0) is 13.8 Å². The van der Waals surface area contributed by atoms with Gasteiger partial charge in [0.25, 0.3) is 0 Å². The summed E-state index contributed by atoms with van der Waals surface area (Å²) in [6.45, 7) is 3.63. The smallest absolute Gasteiger partial charge is 0.359 e. The molecular formula is C10H13N3O4. The topological polar surface area (TPSA) is 105 Å². The van der Waals surface area contributed by atoms with Crippen LogP contribution >= 0.6 is 0 Å². The van der Waals surface area contributed by atoms with E-state index in [2.05, 4.69) is 10.2 Å². The van der Waals surface area contributed by atoms with Crippen molar-refractivity contribution in [1.29, 1.82) is 5.41 Å².